The number of fused-ring (bicyclic) bond motifs is 1. The summed E-state index contributed by atoms with van der Waals surface area (Å²) in [5.41, 5.74) is 3.36. The molecule has 1 aliphatic heterocycles. The van der Waals surface area contributed by atoms with Crippen molar-refractivity contribution in [3.8, 4) is 17.2 Å². The topological polar surface area (TPSA) is 100 Å². The molecule has 0 fully saturated rings. The minimum atomic E-state index is -4.17. The number of amides is 1. The van der Waals surface area contributed by atoms with Crippen LogP contribution in [0.4, 0.5) is 0 Å². The predicted molar refractivity (Wildman–Crippen MR) is 174 cm³/mol. The Morgan fingerprint density at radius 2 is 1.61 bits per heavy atom. The summed E-state index contributed by atoms with van der Waals surface area (Å²) in [6, 6.07) is 17.4. The van der Waals surface area contributed by atoms with Gasteiger partial charge in [-0.25, -0.2) is 13.1 Å². The van der Waals surface area contributed by atoms with Crippen LogP contribution in [0.1, 0.15) is 82.2 Å². The Bertz CT molecular complexity index is 1580. The maximum absolute atomic E-state index is 13.8. The number of nitrogens with one attached hydrogen (secondary N) is 1. The highest BCUT2D eigenvalue weighted by atomic mass is 32.2. The first-order valence-corrected chi connectivity index (χ1v) is 19.5. The van der Waals surface area contributed by atoms with E-state index in [1.807, 2.05) is 32.0 Å². The summed E-state index contributed by atoms with van der Waals surface area (Å²) in [6.07, 6.45) is 0.281. The minimum absolute atomic E-state index is 0.00237. The summed E-state index contributed by atoms with van der Waals surface area (Å²) >= 11 is 0. The zero-order valence-corrected chi connectivity index (χ0v) is 28.8. The summed E-state index contributed by atoms with van der Waals surface area (Å²) in [5, 5.41) is 0.0876. The molecule has 3 aromatic carbocycles. The van der Waals surface area contributed by atoms with Gasteiger partial charge in [0.15, 0.2) is 19.8 Å². The Morgan fingerprint density at radius 1 is 0.955 bits per heavy atom. The number of hydrogen-bond donors (Lipinski definition) is 1. The van der Waals surface area contributed by atoms with Gasteiger partial charge in [-0.1, -0.05) is 72.2 Å². The van der Waals surface area contributed by atoms with Gasteiger partial charge in [0.1, 0.15) is 5.75 Å². The summed E-state index contributed by atoms with van der Waals surface area (Å²) in [4.78, 5) is 13.8. The average molecular weight is 640 g/mol. The second kappa shape index (κ2) is 13.3. The third kappa shape index (κ3) is 7.83. The highest BCUT2D eigenvalue weighted by Gasteiger charge is 2.37. The molecule has 0 saturated carbocycles. The van der Waals surface area contributed by atoms with E-state index < -0.39 is 30.4 Å². The zero-order valence-electron chi connectivity index (χ0n) is 27.0. The number of sulfonamides is 1. The molecule has 44 heavy (non-hydrogen) atoms. The summed E-state index contributed by atoms with van der Waals surface area (Å²) in [7, 11) is -6.12. The van der Waals surface area contributed by atoms with Crippen molar-refractivity contribution in [2.75, 3.05) is 6.79 Å². The minimum Gasteiger partial charge on any atom is -0.475 e. The van der Waals surface area contributed by atoms with Crippen molar-refractivity contribution in [2.24, 2.45) is 0 Å². The normalized spacial score (nSPS) is 14.0. The lowest BCUT2D eigenvalue weighted by molar-refractivity contribution is -0.126. The Hall–Kier alpha value is -3.34. The van der Waals surface area contributed by atoms with Crippen LogP contribution in [0, 0.1) is 0 Å². The second-order valence-corrected chi connectivity index (χ2v) is 19.5. The van der Waals surface area contributed by atoms with Gasteiger partial charge in [0.25, 0.3) is 15.9 Å². The van der Waals surface area contributed by atoms with Gasteiger partial charge in [-0.3, -0.25) is 4.79 Å². The van der Waals surface area contributed by atoms with Crippen LogP contribution < -0.4 is 18.9 Å². The van der Waals surface area contributed by atoms with Crippen molar-refractivity contribution in [2.45, 2.75) is 96.0 Å². The number of aryl methyl sites for hydroxylation is 1. The van der Waals surface area contributed by atoms with E-state index in [4.69, 9.17) is 18.6 Å². The quantitative estimate of drug-likeness (QED) is 0.203. The summed E-state index contributed by atoms with van der Waals surface area (Å²) in [5.74, 6) is 0.933. The molecule has 10 heteroatoms. The molecule has 1 amide bonds. The third-order valence-electron chi connectivity index (χ3n) is 8.32. The van der Waals surface area contributed by atoms with Crippen LogP contribution in [0.3, 0.4) is 0 Å². The van der Waals surface area contributed by atoms with Crippen molar-refractivity contribution in [1.82, 2.24) is 4.72 Å². The van der Waals surface area contributed by atoms with Crippen molar-refractivity contribution in [1.29, 1.82) is 0 Å². The monoisotopic (exact) mass is 639 g/mol. The molecule has 8 nitrogen and oxygen atoms in total. The predicted octanol–water partition coefficient (Wildman–Crippen LogP) is 7.64. The lowest BCUT2D eigenvalue weighted by atomic mass is 10.0. The molecule has 1 aliphatic rings. The van der Waals surface area contributed by atoms with E-state index in [0.29, 0.717) is 35.8 Å². The van der Waals surface area contributed by atoms with Gasteiger partial charge < -0.3 is 18.6 Å². The van der Waals surface area contributed by atoms with Gasteiger partial charge in [-0.05, 0) is 83.6 Å². The first kappa shape index (κ1) is 33.5. The van der Waals surface area contributed by atoms with Crippen molar-refractivity contribution >= 4 is 24.2 Å². The largest absolute Gasteiger partial charge is 0.475 e. The third-order valence-corrected chi connectivity index (χ3v) is 14.2. The zero-order chi connectivity index (χ0) is 32.3. The fourth-order valence-corrected chi connectivity index (χ4v) is 6.48. The van der Waals surface area contributed by atoms with E-state index in [1.54, 1.807) is 30.3 Å². The van der Waals surface area contributed by atoms with Crippen molar-refractivity contribution in [3.05, 3.63) is 82.9 Å². The molecule has 1 unspecified atom stereocenters. The van der Waals surface area contributed by atoms with Crippen LogP contribution in [0.2, 0.25) is 18.1 Å². The number of hydrogen-bond acceptors (Lipinski definition) is 7. The van der Waals surface area contributed by atoms with Crippen molar-refractivity contribution in [3.63, 3.8) is 0 Å². The Kier molecular flexibility index (Phi) is 10.2. The second-order valence-electron chi connectivity index (χ2n) is 13.0. The Balaban J connectivity index is 1.64. The molecule has 1 atom stereocenters. The molecule has 0 spiro atoms. The molecule has 0 bridgehead atoms. The maximum atomic E-state index is 13.8. The van der Waals surface area contributed by atoms with Crippen LogP contribution >= 0.6 is 0 Å². The van der Waals surface area contributed by atoms with Gasteiger partial charge in [-0.2, -0.15) is 0 Å². The van der Waals surface area contributed by atoms with Crippen LogP contribution in [-0.4, -0.2) is 29.4 Å². The van der Waals surface area contributed by atoms with Crippen LogP contribution in [0.25, 0.3) is 0 Å². The first-order chi connectivity index (χ1) is 20.6. The summed E-state index contributed by atoms with van der Waals surface area (Å²) < 4.78 is 52.6. The lowest BCUT2D eigenvalue weighted by Gasteiger charge is -2.36. The molecule has 0 aromatic heterocycles. The molecule has 1 heterocycles. The van der Waals surface area contributed by atoms with Gasteiger partial charge in [-0.15, -0.1) is 0 Å². The molecular formula is C34H45NO7SSi. The SMILES string of the molecule is CCCc1cc(CO[Si](C)(C)C(C)(C)C)ccc1OC(C(=O)NS(=O)(=O)c1ccc(C(C)C)cc1)c1ccc2c(c1)OCO2. The van der Waals surface area contributed by atoms with Crippen molar-refractivity contribution < 1.29 is 31.8 Å². The average Bonchev–Trinajstić information content (AvgIpc) is 3.43. The van der Waals surface area contributed by atoms with Gasteiger partial charge >= 0.3 is 0 Å². The number of rotatable bonds is 12. The molecule has 0 aliphatic carbocycles. The van der Waals surface area contributed by atoms with Gasteiger partial charge in [0, 0.05) is 5.56 Å². The van der Waals surface area contributed by atoms with Gasteiger partial charge in [0.05, 0.1) is 11.5 Å². The molecule has 1 N–H and O–H groups in total. The molecule has 4 rings (SSSR count). The first-order valence-electron chi connectivity index (χ1n) is 15.1. The molecule has 0 radical (unpaired) electrons. The Morgan fingerprint density at radius 3 is 2.25 bits per heavy atom. The molecular weight excluding hydrogens is 595 g/mol. The highest BCUT2D eigenvalue weighted by molar-refractivity contribution is 7.90. The standard InChI is InChI=1S/C34H45NO7SSi/c1-9-10-26-19-24(21-41-44(7,8)34(4,5)6)11-17-29(26)42-32(27-14-18-30-31(20-27)40-22-39-30)33(36)35-43(37,38)28-15-12-25(13-16-28)23(2)3/h11-20,23,32H,9-10,21-22H2,1-8H3,(H,35,36). The van der Waals surface area contributed by atoms with E-state index in [2.05, 4.69) is 45.5 Å². The van der Waals surface area contributed by atoms with Gasteiger partial charge in [0.2, 0.25) is 12.9 Å². The molecule has 238 valence electrons. The number of ether oxygens (including phenoxy) is 3. The fourth-order valence-electron chi connectivity index (χ4n) is 4.54. The van der Waals surface area contributed by atoms with Crippen LogP contribution in [0.15, 0.2) is 65.6 Å². The lowest BCUT2D eigenvalue weighted by Crippen LogP contribution is -2.40. The summed E-state index contributed by atoms with van der Waals surface area (Å²) in [6.45, 7) is 17.7. The number of carbonyl (C=O) groups excluding carboxylic acids is 1. The van der Waals surface area contributed by atoms with E-state index in [-0.39, 0.29) is 22.6 Å². The number of benzene rings is 3. The highest BCUT2D eigenvalue weighted by Crippen LogP contribution is 2.38. The van der Waals surface area contributed by atoms with E-state index >= 15 is 0 Å². The fraction of sp³-hybridized carbons (Fsp3) is 0.441. The van der Waals surface area contributed by atoms with E-state index in [1.165, 1.54) is 12.1 Å². The Labute approximate surface area is 263 Å². The molecule has 0 saturated heterocycles. The van der Waals surface area contributed by atoms with Crippen LogP contribution in [-0.2, 0) is 32.3 Å². The van der Waals surface area contributed by atoms with Crippen LogP contribution in [0.5, 0.6) is 17.2 Å². The maximum Gasteiger partial charge on any atom is 0.279 e. The van der Waals surface area contributed by atoms with E-state index in [9.17, 15) is 13.2 Å². The molecule has 3 aromatic rings. The van der Waals surface area contributed by atoms with E-state index in [0.717, 1.165) is 23.1 Å². The number of carbonyl (C=O) groups is 1. The smallest absolute Gasteiger partial charge is 0.279 e.